The van der Waals surface area contributed by atoms with Gasteiger partial charge in [-0.1, -0.05) is 30.3 Å². The number of urea groups is 1. The van der Waals surface area contributed by atoms with Crippen molar-refractivity contribution in [2.24, 2.45) is 0 Å². The first-order chi connectivity index (χ1) is 14.5. The number of carbonyl (C=O) groups is 2. The lowest BCUT2D eigenvalue weighted by molar-refractivity contribution is 0.0609. The number of pyridine rings is 1. The Balaban J connectivity index is 1.62. The quantitative estimate of drug-likeness (QED) is 0.380. The molecule has 158 valence electrons. The minimum atomic E-state index is -0.810. The Morgan fingerprint density at radius 3 is 2.77 bits per heavy atom. The van der Waals surface area contributed by atoms with Crippen molar-refractivity contribution in [3.05, 3.63) is 53.9 Å². The highest BCUT2D eigenvalue weighted by Crippen LogP contribution is 2.18. The van der Waals surface area contributed by atoms with Gasteiger partial charge in [0.15, 0.2) is 5.69 Å². The van der Waals surface area contributed by atoms with Crippen molar-refractivity contribution in [2.75, 3.05) is 25.6 Å². The summed E-state index contributed by atoms with van der Waals surface area (Å²) in [5.74, 6) is -0.139. The number of aliphatic hydroxyl groups excluding tert-OH is 1. The standard InChI is InChI=1S/C20H24N6O4/c1-12(13-6-4-3-5-7-13)23-20(29)24-17-8-16-15(10-21-17)18(26-25-16)19(28)22-9-14(27)11-30-2/h3-8,10,12,14,27H,9,11H2,1-2H3,(H,22,28)(H,25,26)(H2,21,23,24,29)/t12-,14?/m1/s1. The van der Waals surface area contributed by atoms with Crippen LogP contribution < -0.4 is 16.0 Å². The van der Waals surface area contributed by atoms with Crippen LogP contribution in [0.4, 0.5) is 10.6 Å². The average molecular weight is 412 g/mol. The van der Waals surface area contributed by atoms with Gasteiger partial charge in [0.2, 0.25) is 0 Å². The summed E-state index contributed by atoms with van der Waals surface area (Å²) in [7, 11) is 1.46. The Hall–Kier alpha value is -3.50. The summed E-state index contributed by atoms with van der Waals surface area (Å²) >= 11 is 0. The molecule has 0 aliphatic rings. The van der Waals surface area contributed by atoms with E-state index in [-0.39, 0.29) is 24.9 Å². The number of rotatable bonds is 8. The van der Waals surface area contributed by atoms with E-state index >= 15 is 0 Å². The van der Waals surface area contributed by atoms with Crippen LogP contribution in [0.5, 0.6) is 0 Å². The monoisotopic (exact) mass is 412 g/mol. The number of hydrogen-bond acceptors (Lipinski definition) is 6. The van der Waals surface area contributed by atoms with E-state index in [1.807, 2.05) is 37.3 Å². The van der Waals surface area contributed by atoms with Gasteiger partial charge in [0, 0.05) is 25.9 Å². The van der Waals surface area contributed by atoms with Crippen LogP contribution in [-0.2, 0) is 4.74 Å². The zero-order chi connectivity index (χ0) is 21.5. The molecular weight excluding hydrogens is 388 g/mol. The second kappa shape index (κ2) is 9.81. The molecule has 2 atom stereocenters. The van der Waals surface area contributed by atoms with E-state index in [4.69, 9.17) is 4.74 Å². The van der Waals surface area contributed by atoms with E-state index < -0.39 is 18.0 Å². The van der Waals surface area contributed by atoms with Gasteiger partial charge in [0.1, 0.15) is 5.82 Å². The number of carbonyl (C=O) groups excluding carboxylic acids is 2. The van der Waals surface area contributed by atoms with Crippen LogP contribution in [0, 0.1) is 0 Å². The SMILES string of the molecule is COCC(O)CNC(=O)c1n[nH]c2cc(NC(=O)N[C@H](C)c3ccccc3)ncc12. The molecule has 2 heterocycles. The number of methoxy groups -OCH3 is 1. The summed E-state index contributed by atoms with van der Waals surface area (Å²) < 4.78 is 4.82. The van der Waals surface area contributed by atoms with E-state index in [1.54, 1.807) is 6.07 Å². The molecule has 10 heteroatoms. The highest BCUT2D eigenvalue weighted by atomic mass is 16.5. The number of benzene rings is 1. The van der Waals surface area contributed by atoms with Crippen molar-refractivity contribution in [3.8, 4) is 0 Å². The lowest BCUT2D eigenvalue weighted by Crippen LogP contribution is -2.34. The summed E-state index contributed by atoms with van der Waals surface area (Å²) in [6, 6.07) is 10.6. The predicted octanol–water partition coefficient (Wildman–Crippen LogP) is 1.58. The van der Waals surface area contributed by atoms with Crippen LogP contribution in [0.2, 0.25) is 0 Å². The maximum Gasteiger partial charge on any atom is 0.320 e. The van der Waals surface area contributed by atoms with Gasteiger partial charge in [0.05, 0.1) is 29.7 Å². The van der Waals surface area contributed by atoms with Gasteiger partial charge in [0.25, 0.3) is 5.91 Å². The first kappa shape index (κ1) is 21.2. The number of hydrogen-bond donors (Lipinski definition) is 5. The number of nitrogens with zero attached hydrogens (tertiary/aromatic N) is 2. The normalized spacial score (nSPS) is 12.9. The Bertz CT molecular complexity index is 1010. The Labute approximate surface area is 173 Å². The van der Waals surface area contributed by atoms with Crippen molar-refractivity contribution < 1.29 is 19.4 Å². The first-order valence-corrected chi connectivity index (χ1v) is 9.39. The van der Waals surface area contributed by atoms with E-state index in [1.165, 1.54) is 13.3 Å². The highest BCUT2D eigenvalue weighted by Gasteiger charge is 2.17. The van der Waals surface area contributed by atoms with E-state index in [9.17, 15) is 14.7 Å². The van der Waals surface area contributed by atoms with Gasteiger partial charge in [-0.3, -0.25) is 15.2 Å². The molecular formula is C20H24N6O4. The predicted molar refractivity (Wildman–Crippen MR) is 111 cm³/mol. The fourth-order valence-corrected chi connectivity index (χ4v) is 2.87. The summed E-state index contributed by atoms with van der Waals surface area (Å²) in [5.41, 5.74) is 1.67. The molecule has 0 aliphatic heterocycles. The molecule has 1 unspecified atom stereocenters. The number of aromatic amines is 1. The molecule has 3 rings (SSSR count). The smallest absolute Gasteiger partial charge is 0.320 e. The molecule has 10 nitrogen and oxygen atoms in total. The van der Waals surface area contributed by atoms with Gasteiger partial charge in [-0.15, -0.1) is 0 Å². The number of aliphatic hydroxyl groups is 1. The largest absolute Gasteiger partial charge is 0.389 e. The number of nitrogens with one attached hydrogen (secondary N) is 4. The molecule has 2 aromatic heterocycles. The third kappa shape index (κ3) is 5.31. The van der Waals surface area contributed by atoms with Crippen molar-refractivity contribution in [1.29, 1.82) is 0 Å². The number of ether oxygens (including phenoxy) is 1. The molecule has 0 fully saturated rings. The fraction of sp³-hybridized carbons (Fsp3) is 0.300. The summed E-state index contributed by atoms with van der Waals surface area (Å²) in [4.78, 5) is 28.7. The molecule has 0 bridgehead atoms. The number of aromatic nitrogens is 3. The minimum Gasteiger partial charge on any atom is -0.389 e. The van der Waals surface area contributed by atoms with Gasteiger partial charge >= 0.3 is 6.03 Å². The van der Waals surface area contributed by atoms with Crippen molar-refractivity contribution >= 4 is 28.7 Å². The number of H-pyrrole nitrogens is 1. The van der Waals surface area contributed by atoms with Gasteiger partial charge in [-0.2, -0.15) is 5.10 Å². The fourth-order valence-electron chi connectivity index (χ4n) is 2.87. The second-order valence-electron chi connectivity index (χ2n) is 6.74. The molecule has 3 amide bonds. The zero-order valence-corrected chi connectivity index (χ0v) is 16.7. The van der Waals surface area contributed by atoms with Gasteiger partial charge < -0.3 is 20.5 Å². The molecule has 30 heavy (non-hydrogen) atoms. The Kier molecular flexibility index (Phi) is 6.94. The number of fused-ring (bicyclic) bond motifs is 1. The molecule has 3 aromatic rings. The lowest BCUT2D eigenvalue weighted by Gasteiger charge is -2.14. The average Bonchev–Trinajstić information content (AvgIpc) is 3.16. The molecule has 5 N–H and O–H groups in total. The lowest BCUT2D eigenvalue weighted by atomic mass is 10.1. The molecule has 0 radical (unpaired) electrons. The molecule has 0 saturated carbocycles. The van der Waals surface area contributed by atoms with E-state index in [2.05, 4.69) is 31.1 Å². The van der Waals surface area contributed by atoms with Crippen LogP contribution in [0.25, 0.3) is 10.9 Å². The van der Waals surface area contributed by atoms with Crippen LogP contribution >= 0.6 is 0 Å². The third-order valence-electron chi connectivity index (χ3n) is 4.41. The molecule has 1 aromatic carbocycles. The zero-order valence-electron chi connectivity index (χ0n) is 16.7. The van der Waals surface area contributed by atoms with Crippen LogP contribution in [-0.4, -0.2) is 58.6 Å². The maximum absolute atomic E-state index is 12.3. The Morgan fingerprint density at radius 1 is 1.27 bits per heavy atom. The highest BCUT2D eigenvalue weighted by molar-refractivity contribution is 6.05. The van der Waals surface area contributed by atoms with Crippen molar-refractivity contribution in [2.45, 2.75) is 19.1 Å². The van der Waals surface area contributed by atoms with Gasteiger partial charge in [-0.25, -0.2) is 9.78 Å². The molecule has 0 aliphatic carbocycles. The number of amides is 3. The topological polar surface area (TPSA) is 141 Å². The first-order valence-electron chi connectivity index (χ1n) is 9.39. The second-order valence-corrected chi connectivity index (χ2v) is 6.74. The maximum atomic E-state index is 12.3. The Morgan fingerprint density at radius 2 is 2.03 bits per heavy atom. The summed E-state index contributed by atoms with van der Waals surface area (Å²) in [6.45, 7) is 2.03. The number of anilines is 1. The van der Waals surface area contributed by atoms with E-state index in [0.717, 1.165) is 5.56 Å². The van der Waals surface area contributed by atoms with Crippen molar-refractivity contribution in [1.82, 2.24) is 25.8 Å². The minimum absolute atomic E-state index is 0.0356. The van der Waals surface area contributed by atoms with Crippen LogP contribution in [0.15, 0.2) is 42.6 Å². The summed E-state index contributed by atoms with van der Waals surface area (Å²) in [6.07, 6.45) is 0.644. The van der Waals surface area contributed by atoms with Gasteiger partial charge in [-0.05, 0) is 12.5 Å². The third-order valence-corrected chi connectivity index (χ3v) is 4.41. The van der Waals surface area contributed by atoms with E-state index in [0.29, 0.717) is 16.7 Å². The van der Waals surface area contributed by atoms with Crippen LogP contribution in [0.1, 0.15) is 29.0 Å². The summed E-state index contributed by atoms with van der Waals surface area (Å²) in [5, 5.41) is 25.0. The van der Waals surface area contributed by atoms with Crippen molar-refractivity contribution in [3.63, 3.8) is 0 Å². The van der Waals surface area contributed by atoms with Crippen LogP contribution in [0.3, 0.4) is 0 Å². The molecule has 0 spiro atoms. The molecule has 0 saturated heterocycles.